The lowest BCUT2D eigenvalue weighted by Crippen LogP contribution is -2.24. The lowest BCUT2D eigenvalue weighted by Gasteiger charge is -2.07. The van der Waals surface area contributed by atoms with Gasteiger partial charge in [0.1, 0.15) is 5.75 Å². The first-order chi connectivity index (χ1) is 8.65. The number of benzene rings is 1. The number of hydrogen-bond donors (Lipinski definition) is 3. The largest absolute Gasteiger partial charge is 0.507 e. The fourth-order valence-corrected chi connectivity index (χ4v) is 1.75. The zero-order valence-corrected chi connectivity index (χ0v) is 10.9. The summed E-state index contributed by atoms with van der Waals surface area (Å²) in [7, 11) is 0. The molecule has 0 aliphatic carbocycles. The van der Waals surface area contributed by atoms with E-state index in [1.807, 2.05) is 0 Å². The number of amides is 1. The van der Waals surface area contributed by atoms with Crippen LogP contribution >= 0.6 is 11.6 Å². The number of hydrogen-bond acceptors (Lipinski definition) is 3. The van der Waals surface area contributed by atoms with E-state index < -0.39 is 0 Å². The average molecular weight is 272 g/mol. The Balaban J connectivity index is 2.32. The lowest BCUT2D eigenvalue weighted by molar-refractivity contribution is 0.0950. The molecule has 0 spiro atoms. The highest BCUT2D eigenvalue weighted by Crippen LogP contribution is 2.21. The van der Waals surface area contributed by atoms with E-state index in [9.17, 15) is 9.90 Å². The van der Waals surface area contributed by atoms with Crippen LogP contribution in [-0.2, 0) is 0 Å². The highest BCUT2D eigenvalue weighted by Gasteiger charge is 2.10. The van der Waals surface area contributed by atoms with Gasteiger partial charge in [-0.2, -0.15) is 0 Å². The Hall–Kier alpha value is -1.26. The van der Waals surface area contributed by atoms with E-state index >= 15 is 0 Å². The number of halogens is 1. The van der Waals surface area contributed by atoms with Crippen molar-refractivity contribution in [2.75, 3.05) is 13.2 Å². The molecular weight excluding hydrogens is 254 g/mol. The molecule has 0 bridgehead atoms. The van der Waals surface area contributed by atoms with E-state index in [0.717, 1.165) is 25.7 Å². The van der Waals surface area contributed by atoms with Crippen molar-refractivity contribution in [1.82, 2.24) is 5.32 Å². The number of carbonyl (C=O) groups is 1. The molecule has 5 heteroatoms. The van der Waals surface area contributed by atoms with Crippen molar-refractivity contribution in [2.45, 2.75) is 25.7 Å². The third-order valence-corrected chi connectivity index (χ3v) is 2.81. The van der Waals surface area contributed by atoms with Crippen LogP contribution < -0.4 is 5.32 Å². The number of nitrogens with one attached hydrogen (secondary N) is 1. The van der Waals surface area contributed by atoms with Crippen molar-refractivity contribution in [3.05, 3.63) is 28.8 Å². The molecule has 1 amide bonds. The minimum atomic E-state index is -0.300. The van der Waals surface area contributed by atoms with Crippen molar-refractivity contribution in [2.24, 2.45) is 0 Å². The third kappa shape index (κ3) is 4.94. The van der Waals surface area contributed by atoms with Crippen molar-refractivity contribution in [3.8, 4) is 5.75 Å². The summed E-state index contributed by atoms with van der Waals surface area (Å²) in [6, 6.07) is 4.41. The van der Waals surface area contributed by atoms with Gasteiger partial charge in [-0.05, 0) is 31.0 Å². The van der Waals surface area contributed by atoms with Crippen LogP contribution in [0.4, 0.5) is 0 Å². The summed E-state index contributed by atoms with van der Waals surface area (Å²) in [5, 5.41) is 21.3. The molecule has 0 saturated carbocycles. The van der Waals surface area contributed by atoms with E-state index in [0.29, 0.717) is 11.6 Å². The van der Waals surface area contributed by atoms with Crippen molar-refractivity contribution in [3.63, 3.8) is 0 Å². The molecule has 1 aromatic carbocycles. The number of unbranched alkanes of at least 4 members (excludes halogenated alkanes) is 3. The SMILES string of the molecule is O=C(NCCCCCCO)c1ccc(Cl)cc1O. The molecule has 0 heterocycles. The van der Waals surface area contributed by atoms with Gasteiger partial charge in [0, 0.05) is 18.2 Å². The predicted octanol–water partition coefficient (Wildman–Crippen LogP) is 2.33. The number of aliphatic hydroxyl groups excluding tert-OH is 1. The molecule has 3 N–H and O–H groups in total. The summed E-state index contributed by atoms with van der Waals surface area (Å²) in [5.41, 5.74) is 0.231. The standard InChI is InChI=1S/C13H18ClNO3/c14-10-5-6-11(12(17)9-10)13(18)15-7-3-1-2-4-8-16/h5-6,9,16-17H,1-4,7-8H2,(H,15,18). The molecule has 100 valence electrons. The fourth-order valence-electron chi connectivity index (χ4n) is 1.58. The maximum Gasteiger partial charge on any atom is 0.255 e. The van der Waals surface area contributed by atoms with Crippen LogP contribution in [0.5, 0.6) is 5.75 Å². The second-order valence-electron chi connectivity index (χ2n) is 4.06. The van der Waals surface area contributed by atoms with Gasteiger partial charge in [-0.15, -0.1) is 0 Å². The van der Waals surface area contributed by atoms with Crippen LogP contribution in [-0.4, -0.2) is 29.3 Å². The Morgan fingerprint density at radius 2 is 1.94 bits per heavy atom. The Labute approximate surface area is 112 Å². The zero-order chi connectivity index (χ0) is 13.4. The van der Waals surface area contributed by atoms with Crippen LogP contribution in [0.25, 0.3) is 0 Å². The van der Waals surface area contributed by atoms with Gasteiger partial charge in [0.05, 0.1) is 5.56 Å². The summed E-state index contributed by atoms with van der Waals surface area (Å²) in [5.74, 6) is -0.411. The first-order valence-electron chi connectivity index (χ1n) is 6.02. The van der Waals surface area contributed by atoms with Crippen LogP contribution in [0, 0.1) is 0 Å². The molecule has 0 saturated heterocycles. The molecule has 0 fully saturated rings. The lowest BCUT2D eigenvalue weighted by atomic mass is 10.1. The van der Waals surface area contributed by atoms with Crippen molar-refractivity contribution < 1.29 is 15.0 Å². The minimum Gasteiger partial charge on any atom is -0.507 e. The normalized spacial score (nSPS) is 10.3. The van der Waals surface area contributed by atoms with E-state index in [1.54, 1.807) is 6.07 Å². The molecular formula is C13H18ClNO3. The molecule has 0 aromatic heterocycles. The van der Waals surface area contributed by atoms with Gasteiger partial charge in [-0.25, -0.2) is 0 Å². The zero-order valence-electron chi connectivity index (χ0n) is 10.2. The summed E-state index contributed by atoms with van der Waals surface area (Å²) < 4.78 is 0. The highest BCUT2D eigenvalue weighted by molar-refractivity contribution is 6.30. The Bertz CT molecular complexity index is 396. The number of phenols is 1. The smallest absolute Gasteiger partial charge is 0.255 e. The van der Waals surface area contributed by atoms with Gasteiger partial charge in [-0.3, -0.25) is 4.79 Å². The van der Waals surface area contributed by atoms with Gasteiger partial charge < -0.3 is 15.5 Å². The minimum absolute atomic E-state index is 0.111. The number of carbonyl (C=O) groups excluding carboxylic acids is 1. The average Bonchev–Trinajstić information content (AvgIpc) is 2.33. The quantitative estimate of drug-likeness (QED) is 0.667. The highest BCUT2D eigenvalue weighted by atomic mass is 35.5. The Morgan fingerprint density at radius 3 is 2.61 bits per heavy atom. The van der Waals surface area contributed by atoms with Crippen molar-refractivity contribution >= 4 is 17.5 Å². The Kier molecular flexibility index (Phi) is 6.54. The van der Waals surface area contributed by atoms with Crippen LogP contribution in [0.3, 0.4) is 0 Å². The Morgan fingerprint density at radius 1 is 1.22 bits per heavy atom. The number of phenolic OH excluding ortho intramolecular Hbond substituents is 1. The van der Waals surface area contributed by atoms with Crippen LogP contribution in [0.1, 0.15) is 36.0 Å². The van der Waals surface area contributed by atoms with Gasteiger partial charge in [0.25, 0.3) is 5.91 Å². The predicted molar refractivity (Wildman–Crippen MR) is 71.0 cm³/mol. The number of aromatic hydroxyl groups is 1. The molecule has 0 aliphatic rings. The third-order valence-electron chi connectivity index (χ3n) is 2.57. The van der Waals surface area contributed by atoms with E-state index in [4.69, 9.17) is 16.7 Å². The number of rotatable bonds is 7. The summed E-state index contributed by atoms with van der Waals surface area (Å²) in [6.45, 7) is 0.775. The number of aliphatic hydroxyl groups is 1. The first kappa shape index (κ1) is 14.8. The van der Waals surface area contributed by atoms with E-state index in [2.05, 4.69) is 5.32 Å². The van der Waals surface area contributed by atoms with Gasteiger partial charge in [0.15, 0.2) is 0 Å². The maximum absolute atomic E-state index is 11.7. The second-order valence-corrected chi connectivity index (χ2v) is 4.49. The molecule has 0 radical (unpaired) electrons. The fraction of sp³-hybridized carbons (Fsp3) is 0.462. The van der Waals surface area contributed by atoms with Gasteiger partial charge >= 0.3 is 0 Å². The summed E-state index contributed by atoms with van der Waals surface area (Å²) in [6.07, 6.45) is 3.58. The topological polar surface area (TPSA) is 69.6 Å². The van der Waals surface area contributed by atoms with Gasteiger partial charge in [-0.1, -0.05) is 24.4 Å². The summed E-state index contributed by atoms with van der Waals surface area (Å²) >= 11 is 5.68. The first-order valence-corrected chi connectivity index (χ1v) is 6.40. The molecule has 4 nitrogen and oxygen atoms in total. The van der Waals surface area contributed by atoms with Gasteiger partial charge in [0.2, 0.25) is 0 Å². The van der Waals surface area contributed by atoms with E-state index in [-0.39, 0.29) is 23.8 Å². The molecule has 1 rings (SSSR count). The molecule has 1 aromatic rings. The van der Waals surface area contributed by atoms with Crippen LogP contribution in [0.15, 0.2) is 18.2 Å². The molecule has 0 unspecified atom stereocenters. The van der Waals surface area contributed by atoms with E-state index in [1.165, 1.54) is 12.1 Å². The summed E-state index contributed by atoms with van der Waals surface area (Å²) in [4.78, 5) is 11.7. The second kappa shape index (κ2) is 7.95. The van der Waals surface area contributed by atoms with Crippen LogP contribution in [0.2, 0.25) is 5.02 Å². The maximum atomic E-state index is 11.7. The van der Waals surface area contributed by atoms with Crippen molar-refractivity contribution in [1.29, 1.82) is 0 Å². The molecule has 18 heavy (non-hydrogen) atoms. The molecule has 0 aliphatic heterocycles. The molecule has 0 atom stereocenters. The monoisotopic (exact) mass is 271 g/mol.